The van der Waals surface area contributed by atoms with Crippen LogP contribution in [0.25, 0.3) is 0 Å². The number of hydrogen-bond donors (Lipinski definition) is 0. The lowest BCUT2D eigenvalue weighted by Gasteiger charge is -2.05. The van der Waals surface area contributed by atoms with Crippen molar-refractivity contribution >= 4 is 27.9 Å². The second kappa shape index (κ2) is 5.60. The highest BCUT2D eigenvalue weighted by atomic mass is 79.9. The molecule has 16 heavy (non-hydrogen) atoms. The van der Waals surface area contributed by atoms with Crippen molar-refractivity contribution in [2.24, 2.45) is 0 Å². The van der Waals surface area contributed by atoms with Gasteiger partial charge in [-0.2, -0.15) is 0 Å². The first-order valence-corrected chi connectivity index (χ1v) is 5.35. The number of carbonyl (C=O) groups excluding carboxylic acids is 2. The molecular weight excluding hydrogens is 283 g/mol. The second-order valence-corrected chi connectivity index (χ2v) is 3.31. The molecule has 0 unspecified atom stereocenters. The van der Waals surface area contributed by atoms with Crippen molar-refractivity contribution in [1.29, 1.82) is 0 Å². The summed E-state index contributed by atoms with van der Waals surface area (Å²) in [6, 6.07) is 3.45. The van der Waals surface area contributed by atoms with Crippen LogP contribution in [-0.4, -0.2) is 24.4 Å². The normalized spacial score (nSPS) is 9.69. The van der Waals surface area contributed by atoms with Crippen molar-refractivity contribution in [2.75, 3.05) is 12.4 Å². The van der Waals surface area contributed by atoms with Gasteiger partial charge in [0.1, 0.15) is 5.33 Å². The SMILES string of the molecule is COC(=O)c1ccc(OC(=O)CBr)c(F)c1. The van der Waals surface area contributed by atoms with E-state index in [1.54, 1.807) is 0 Å². The summed E-state index contributed by atoms with van der Waals surface area (Å²) < 4.78 is 22.4. The third kappa shape index (κ3) is 3.03. The smallest absolute Gasteiger partial charge is 0.337 e. The van der Waals surface area contributed by atoms with Crippen molar-refractivity contribution in [3.63, 3.8) is 0 Å². The van der Waals surface area contributed by atoms with Crippen LogP contribution in [0.1, 0.15) is 10.4 Å². The first-order valence-electron chi connectivity index (χ1n) is 4.23. The lowest BCUT2D eigenvalue weighted by Crippen LogP contribution is -2.10. The molecule has 0 bridgehead atoms. The van der Waals surface area contributed by atoms with E-state index in [9.17, 15) is 14.0 Å². The van der Waals surface area contributed by atoms with Gasteiger partial charge in [-0.1, -0.05) is 15.9 Å². The van der Waals surface area contributed by atoms with Crippen LogP contribution in [0.5, 0.6) is 5.75 Å². The van der Waals surface area contributed by atoms with E-state index in [0.717, 1.165) is 6.07 Å². The summed E-state index contributed by atoms with van der Waals surface area (Å²) in [4.78, 5) is 21.9. The van der Waals surface area contributed by atoms with E-state index in [1.165, 1.54) is 19.2 Å². The molecule has 0 spiro atoms. The number of carbonyl (C=O) groups is 2. The first kappa shape index (κ1) is 12.6. The maximum Gasteiger partial charge on any atom is 0.337 e. The number of ether oxygens (including phenoxy) is 2. The Hall–Kier alpha value is -1.43. The Morgan fingerprint density at radius 1 is 1.44 bits per heavy atom. The number of esters is 2. The molecule has 0 aliphatic carbocycles. The molecule has 0 fully saturated rings. The highest BCUT2D eigenvalue weighted by molar-refractivity contribution is 9.09. The largest absolute Gasteiger partial charge is 0.465 e. The maximum atomic E-state index is 13.3. The minimum atomic E-state index is -0.794. The molecule has 1 aromatic rings. The van der Waals surface area contributed by atoms with E-state index in [2.05, 4.69) is 25.4 Å². The highest BCUT2D eigenvalue weighted by Gasteiger charge is 2.12. The van der Waals surface area contributed by atoms with E-state index in [0.29, 0.717) is 0 Å². The molecule has 0 radical (unpaired) electrons. The summed E-state index contributed by atoms with van der Waals surface area (Å²) in [6.07, 6.45) is 0. The van der Waals surface area contributed by atoms with Gasteiger partial charge in [0.05, 0.1) is 12.7 Å². The monoisotopic (exact) mass is 290 g/mol. The summed E-state index contributed by atoms with van der Waals surface area (Å²) >= 11 is 2.87. The molecule has 1 rings (SSSR count). The summed E-state index contributed by atoms with van der Waals surface area (Å²) in [5.41, 5.74) is 0.0543. The number of hydrogen-bond acceptors (Lipinski definition) is 4. The van der Waals surface area contributed by atoms with Crippen molar-refractivity contribution in [1.82, 2.24) is 0 Å². The topological polar surface area (TPSA) is 52.6 Å². The number of rotatable bonds is 3. The molecule has 0 atom stereocenters. The predicted molar refractivity (Wildman–Crippen MR) is 57.2 cm³/mol. The Morgan fingerprint density at radius 2 is 2.12 bits per heavy atom. The fourth-order valence-corrected chi connectivity index (χ4v) is 1.09. The molecule has 0 aliphatic heterocycles. The quantitative estimate of drug-likeness (QED) is 0.485. The highest BCUT2D eigenvalue weighted by Crippen LogP contribution is 2.19. The Labute approximate surface area is 99.5 Å². The second-order valence-electron chi connectivity index (χ2n) is 2.74. The molecule has 4 nitrogen and oxygen atoms in total. The van der Waals surface area contributed by atoms with Crippen LogP contribution in [0.4, 0.5) is 4.39 Å². The van der Waals surface area contributed by atoms with Crippen LogP contribution in [0.15, 0.2) is 18.2 Å². The standard InChI is InChI=1S/C10H8BrFO4/c1-15-10(14)6-2-3-8(7(12)4-6)16-9(13)5-11/h2-4H,5H2,1H3. The number of alkyl halides is 1. The molecule has 0 saturated carbocycles. The summed E-state index contributed by atoms with van der Waals surface area (Å²) in [5, 5.41) is -0.0365. The van der Waals surface area contributed by atoms with E-state index in [-0.39, 0.29) is 16.6 Å². The van der Waals surface area contributed by atoms with Gasteiger partial charge in [-0.25, -0.2) is 9.18 Å². The fourth-order valence-electron chi connectivity index (χ4n) is 0.978. The molecule has 0 amide bonds. The molecule has 1 aromatic carbocycles. The van der Waals surface area contributed by atoms with Gasteiger partial charge in [0.15, 0.2) is 11.6 Å². The van der Waals surface area contributed by atoms with Crippen molar-refractivity contribution in [2.45, 2.75) is 0 Å². The van der Waals surface area contributed by atoms with Gasteiger partial charge < -0.3 is 9.47 Å². The van der Waals surface area contributed by atoms with Crippen LogP contribution in [0.3, 0.4) is 0 Å². The molecular formula is C10H8BrFO4. The zero-order valence-corrected chi connectivity index (χ0v) is 9.91. The molecule has 0 heterocycles. The van der Waals surface area contributed by atoms with Crippen LogP contribution < -0.4 is 4.74 Å². The van der Waals surface area contributed by atoms with Crippen molar-refractivity contribution < 1.29 is 23.5 Å². The Balaban J connectivity index is 2.91. The van der Waals surface area contributed by atoms with Crippen LogP contribution in [0.2, 0.25) is 0 Å². The van der Waals surface area contributed by atoms with Gasteiger partial charge in [0.2, 0.25) is 0 Å². The van der Waals surface area contributed by atoms with Crippen molar-refractivity contribution in [3.8, 4) is 5.75 Å². The minimum Gasteiger partial charge on any atom is -0.465 e. The average molecular weight is 291 g/mol. The van der Waals surface area contributed by atoms with Gasteiger partial charge in [0, 0.05) is 0 Å². The minimum absolute atomic E-state index is 0.0365. The maximum absolute atomic E-state index is 13.3. The van der Waals surface area contributed by atoms with Gasteiger partial charge in [-0.15, -0.1) is 0 Å². The van der Waals surface area contributed by atoms with E-state index < -0.39 is 17.8 Å². The van der Waals surface area contributed by atoms with Gasteiger partial charge >= 0.3 is 11.9 Å². The van der Waals surface area contributed by atoms with Crippen molar-refractivity contribution in [3.05, 3.63) is 29.6 Å². The van der Waals surface area contributed by atoms with Crippen LogP contribution in [-0.2, 0) is 9.53 Å². The predicted octanol–water partition coefficient (Wildman–Crippen LogP) is 1.91. The average Bonchev–Trinajstić information content (AvgIpc) is 2.30. The first-order chi connectivity index (χ1) is 7.58. The summed E-state index contributed by atoms with van der Waals surface area (Å²) in [6.45, 7) is 0. The lowest BCUT2D eigenvalue weighted by atomic mass is 10.2. The fraction of sp³-hybridized carbons (Fsp3) is 0.200. The lowest BCUT2D eigenvalue weighted by molar-refractivity contribution is -0.131. The van der Waals surface area contributed by atoms with E-state index in [4.69, 9.17) is 0 Å². The summed E-state index contributed by atoms with van der Waals surface area (Å²) in [5.74, 6) is -2.30. The summed E-state index contributed by atoms with van der Waals surface area (Å²) in [7, 11) is 1.19. The molecule has 86 valence electrons. The van der Waals surface area contributed by atoms with Crippen LogP contribution >= 0.6 is 15.9 Å². The molecule has 0 aliphatic rings. The molecule has 0 saturated heterocycles. The van der Waals surface area contributed by atoms with E-state index in [1.807, 2.05) is 0 Å². The van der Waals surface area contributed by atoms with Gasteiger partial charge in [-0.3, -0.25) is 4.79 Å². The third-order valence-electron chi connectivity index (χ3n) is 1.69. The zero-order chi connectivity index (χ0) is 12.1. The molecule has 6 heteroatoms. The Bertz CT molecular complexity index is 419. The number of halogens is 2. The molecule has 0 N–H and O–H groups in total. The number of benzene rings is 1. The van der Waals surface area contributed by atoms with Crippen LogP contribution in [0, 0.1) is 5.82 Å². The van der Waals surface area contributed by atoms with Gasteiger partial charge in [0.25, 0.3) is 0 Å². The Kier molecular flexibility index (Phi) is 4.42. The Morgan fingerprint density at radius 3 is 2.62 bits per heavy atom. The van der Waals surface area contributed by atoms with E-state index >= 15 is 0 Å². The van der Waals surface area contributed by atoms with Gasteiger partial charge in [-0.05, 0) is 18.2 Å². The zero-order valence-electron chi connectivity index (χ0n) is 8.33. The number of methoxy groups -OCH3 is 1. The third-order valence-corrected chi connectivity index (χ3v) is 2.14. The molecule has 0 aromatic heterocycles.